The highest BCUT2D eigenvalue weighted by molar-refractivity contribution is 6.01. The summed E-state index contributed by atoms with van der Waals surface area (Å²) in [5.74, 6) is -6.46. The maximum absolute atomic E-state index is 12.7. The van der Waals surface area contributed by atoms with Gasteiger partial charge in [0.25, 0.3) is 17.7 Å². The van der Waals surface area contributed by atoms with E-state index in [2.05, 4.69) is 26.6 Å². The van der Waals surface area contributed by atoms with Gasteiger partial charge in [-0.25, -0.2) is 9.59 Å². The van der Waals surface area contributed by atoms with Gasteiger partial charge in [-0.15, -0.1) is 5.06 Å². The first-order chi connectivity index (χ1) is 24.3. The van der Waals surface area contributed by atoms with Crippen molar-refractivity contribution in [1.29, 1.82) is 0 Å². The lowest BCUT2D eigenvalue weighted by molar-refractivity contribution is -0.197. The van der Waals surface area contributed by atoms with Crippen LogP contribution in [-0.4, -0.2) is 101 Å². The Balaban J connectivity index is 1.68. The van der Waals surface area contributed by atoms with E-state index in [1.165, 1.54) is 0 Å². The lowest BCUT2D eigenvalue weighted by Gasteiger charge is -2.19. The zero-order valence-electron chi connectivity index (χ0n) is 28.3. The molecule has 1 aliphatic rings. The molecular formula is C33H44N6O12. The highest BCUT2D eigenvalue weighted by Gasteiger charge is 2.32. The molecule has 6 N–H and O–H groups in total. The third-order valence-corrected chi connectivity index (χ3v) is 7.45. The van der Waals surface area contributed by atoms with Crippen LogP contribution >= 0.6 is 0 Å². The van der Waals surface area contributed by atoms with E-state index in [4.69, 9.17) is 4.84 Å². The Morgan fingerprint density at radius 2 is 1.47 bits per heavy atom. The number of rotatable bonds is 23. The number of hydroxylamine groups is 2. The summed E-state index contributed by atoms with van der Waals surface area (Å²) in [5.41, 5.74) is 1.44. The molecule has 1 aromatic rings. The number of hydrogen-bond acceptors (Lipinski definition) is 11. The number of benzene rings is 1. The molecule has 278 valence electrons. The molecule has 0 spiro atoms. The standard InChI is InChI=1S/C33H44N6O12/c1-21-8-6-9-22(18-21)31(47)34-16-5-4-10-24(33(49)50)38-27(43)20-36-32(48)23(11-7-17-40)37-26(42)19-35-25(41)12-2-3-13-30(46)51-39-28(44)14-15-29(39)45/h6,8-9,17-18,23-24H,2-5,7,10-16,19-20H2,1H3,(H,34,47)(H,35,41)(H,36,48)(H,37,42)(H,38,43)(H,49,50). The summed E-state index contributed by atoms with van der Waals surface area (Å²) in [6, 6.07) is 4.56. The van der Waals surface area contributed by atoms with Crippen molar-refractivity contribution in [2.45, 2.75) is 89.6 Å². The second-order valence-electron chi connectivity index (χ2n) is 11.7. The van der Waals surface area contributed by atoms with Crippen LogP contribution in [0.15, 0.2) is 24.3 Å². The van der Waals surface area contributed by atoms with Crippen molar-refractivity contribution >= 4 is 59.6 Å². The van der Waals surface area contributed by atoms with E-state index in [1.807, 2.05) is 13.0 Å². The fraction of sp³-hybridized carbons (Fsp3) is 0.515. The van der Waals surface area contributed by atoms with Crippen LogP contribution in [0.25, 0.3) is 0 Å². The second kappa shape index (κ2) is 22.1. The van der Waals surface area contributed by atoms with Gasteiger partial charge in [0.15, 0.2) is 0 Å². The van der Waals surface area contributed by atoms with Crippen LogP contribution in [0.2, 0.25) is 0 Å². The summed E-state index contributed by atoms with van der Waals surface area (Å²) in [6.45, 7) is 1.04. The molecule has 18 nitrogen and oxygen atoms in total. The number of aryl methyl sites for hydroxylation is 1. The van der Waals surface area contributed by atoms with Crippen LogP contribution in [-0.2, 0) is 48.0 Å². The van der Waals surface area contributed by atoms with Gasteiger partial charge in [-0.05, 0) is 57.6 Å². The van der Waals surface area contributed by atoms with Crippen LogP contribution in [0.1, 0.15) is 86.6 Å². The third-order valence-electron chi connectivity index (χ3n) is 7.45. The van der Waals surface area contributed by atoms with Gasteiger partial charge in [0, 0.05) is 44.2 Å². The van der Waals surface area contributed by atoms with Crippen molar-refractivity contribution in [3.8, 4) is 0 Å². The molecule has 2 rings (SSSR count). The van der Waals surface area contributed by atoms with Crippen LogP contribution in [0, 0.1) is 6.92 Å². The first-order valence-electron chi connectivity index (χ1n) is 16.5. The molecule has 1 fully saturated rings. The maximum atomic E-state index is 12.7. The second-order valence-corrected chi connectivity index (χ2v) is 11.7. The number of carbonyl (C=O) groups excluding carboxylic acids is 9. The van der Waals surface area contributed by atoms with Gasteiger partial charge in [0.2, 0.25) is 23.6 Å². The third kappa shape index (κ3) is 16.1. The van der Waals surface area contributed by atoms with Crippen molar-refractivity contribution in [1.82, 2.24) is 31.6 Å². The van der Waals surface area contributed by atoms with Crippen LogP contribution in [0.5, 0.6) is 0 Å². The minimum absolute atomic E-state index is 0.0312. The number of aliphatic carboxylic acids is 1. The van der Waals surface area contributed by atoms with E-state index in [0.717, 1.165) is 5.56 Å². The van der Waals surface area contributed by atoms with E-state index in [9.17, 15) is 53.1 Å². The largest absolute Gasteiger partial charge is 0.480 e. The molecule has 0 aliphatic carbocycles. The number of imide groups is 1. The Morgan fingerprint density at radius 1 is 0.824 bits per heavy atom. The summed E-state index contributed by atoms with van der Waals surface area (Å²) < 4.78 is 0. The summed E-state index contributed by atoms with van der Waals surface area (Å²) in [6.07, 6.45) is 1.36. The average Bonchev–Trinajstić information content (AvgIpc) is 3.41. The van der Waals surface area contributed by atoms with Crippen molar-refractivity contribution < 1.29 is 57.9 Å². The van der Waals surface area contributed by atoms with E-state index >= 15 is 0 Å². The normalized spacial score (nSPS) is 13.4. The summed E-state index contributed by atoms with van der Waals surface area (Å²) >= 11 is 0. The van der Waals surface area contributed by atoms with E-state index < -0.39 is 72.6 Å². The number of nitrogens with one attached hydrogen (secondary N) is 5. The quantitative estimate of drug-likeness (QED) is 0.0468. The monoisotopic (exact) mass is 716 g/mol. The molecule has 1 aromatic carbocycles. The Bertz CT molecular complexity index is 1450. The van der Waals surface area contributed by atoms with Crippen molar-refractivity contribution in [3.05, 3.63) is 35.4 Å². The first-order valence-corrected chi connectivity index (χ1v) is 16.5. The molecule has 0 saturated carbocycles. The van der Waals surface area contributed by atoms with Gasteiger partial charge in [-0.3, -0.25) is 33.6 Å². The van der Waals surface area contributed by atoms with Gasteiger partial charge in [0.05, 0.1) is 13.1 Å². The van der Waals surface area contributed by atoms with Gasteiger partial charge >= 0.3 is 11.9 Å². The Hall–Kier alpha value is -5.68. The number of nitrogens with zero attached hydrogens (tertiary/aromatic N) is 1. The lowest BCUT2D eigenvalue weighted by Crippen LogP contribution is -2.52. The number of aldehydes is 1. The van der Waals surface area contributed by atoms with E-state index in [1.54, 1.807) is 18.2 Å². The predicted octanol–water partition coefficient (Wildman–Crippen LogP) is -0.672. The number of carboxylic acid groups (broad SMARTS) is 1. The number of carboxylic acids is 1. The molecule has 1 heterocycles. The number of amides is 7. The zero-order valence-corrected chi connectivity index (χ0v) is 28.3. The maximum Gasteiger partial charge on any atom is 0.333 e. The van der Waals surface area contributed by atoms with Gasteiger partial charge in [-0.1, -0.05) is 17.7 Å². The van der Waals surface area contributed by atoms with E-state index in [-0.39, 0.29) is 63.7 Å². The van der Waals surface area contributed by atoms with Gasteiger partial charge in [0.1, 0.15) is 18.4 Å². The molecule has 7 amide bonds. The fourth-order valence-electron chi connectivity index (χ4n) is 4.73. The molecule has 0 radical (unpaired) electrons. The highest BCUT2D eigenvalue weighted by Crippen LogP contribution is 2.13. The number of carbonyl (C=O) groups is 10. The fourth-order valence-corrected chi connectivity index (χ4v) is 4.73. The highest BCUT2D eigenvalue weighted by atomic mass is 16.7. The molecule has 51 heavy (non-hydrogen) atoms. The molecular weight excluding hydrogens is 672 g/mol. The zero-order chi connectivity index (χ0) is 37.8. The predicted molar refractivity (Wildman–Crippen MR) is 176 cm³/mol. The summed E-state index contributed by atoms with van der Waals surface area (Å²) in [5, 5.41) is 22.1. The van der Waals surface area contributed by atoms with Crippen molar-refractivity contribution in [2.75, 3.05) is 19.6 Å². The molecule has 2 unspecified atom stereocenters. The molecule has 0 aromatic heterocycles. The minimum Gasteiger partial charge on any atom is -0.480 e. The molecule has 2 atom stereocenters. The van der Waals surface area contributed by atoms with Crippen LogP contribution in [0.3, 0.4) is 0 Å². The number of unbranched alkanes of at least 4 members (excludes halogenated alkanes) is 2. The minimum atomic E-state index is -1.29. The van der Waals surface area contributed by atoms with Gasteiger partial charge < -0.3 is 41.3 Å². The Kier molecular flexibility index (Phi) is 18.0. The molecule has 1 aliphatic heterocycles. The van der Waals surface area contributed by atoms with Crippen molar-refractivity contribution in [2.24, 2.45) is 0 Å². The van der Waals surface area contributed by atoms with Gasteiger partial charge in [-0.2, -0.15) is 0 Å². The topological polar surface area (TPSA) is 264 Å². The Labute approximate surface area is 293 Å². The van der Waals surface area contributed by atoms with Crippen molar-refractivity contribution in [3.63, 3.8) is 0 Å². The molecule has 18 heteroatoms. The average molecular weight is 717 g/mol. The van der Waals surface area contributed by atoms with E-state index in [0.29, 0.717) is 36.3 Å². The smallest absolute Gasteiger partial charge is 0.333 e. The lowest BCUT2D eigenvalue weighted by atomic mass is 10.1. The van der Waals surface area contributed by atoms with Crippen LogP contribution in [0.4, 0.5) is 0 Å². The van der Waals surface area contributed by atoms with Crippen LogP contribution < -0.4 is 26.6 Å². The summed E-state index contributed by atoms with van der Waals surface area (Å²) in [7, 11) is 0. The summed E-state index contributed by atoms with van der Waals surface area (Å²) in [4.78, 5) is 124. The Morgan fingerprint density at radius 3 is 2.12 bits per heavy atom. The number of hydrogen-bond donors (Lipinski definition) is 6. The molecule has 0 bridgehead atoms. The SMILES string of the molecule is Cc1cccc(C(=O)NCCCCC(NC(=O)CNC(=O)C(CCC=O)NC(=O)CNC(=O)CCCCC(=O)ON2C(=O)CCC2=O)C(=O)O)c1. The first kappa shape index (κ1) is 41.5. The molecule has 1 saturated heterocycles.